The minimum atomic E-state index is -4.37. The molecule has 3 rings (SSSR count). The summed E-state index contributed by atoms with van der Waals surface area (Å²) in [5.74, 6) is 0.682. The van der Waals surface area contributed by atoms with E-state index in [9.17, 15) is 18.0 Å². The highest BCUT2D eigenvalue weighted by Crippen LogP contribution is 2.29. The summed E-state index contributed by atoms with van der Waals surface area (Å²) >= 11 is 2.84. The zero-order valence-corrected chi connectivity index (χ0v) is 16.5. The number of nitrogens with one attached hydrogen (secondary N) is 1. The monoisotopic (exact) mass is 426 g/mol. The molecule has 0 aliphatic carbocycles. The van der Waals surface area contributed by atoms with E-state index in [2.05, 4.69) is 15.5 Å². The largest absolute Gasteiger partial charge is 0.416 e. The number of hydrogen-bond donors (Lipinski definition) is 1. The van der Waals surface area contributed by atoms with Gasteiger partial charge in [-0.1, -0.05) is 30.0 Å². The van der Waals surface area contributed by atoms with Gasteiger partial charge in [0.15, 0.2) is 11.0 Å². The summed E-state index contributed by atoms with van der Waals surface area (Å²) in [6.07, 6.45) is -4.37. The Morgan fingerprint density at radius 2 is 1.96 bits per heavy atom. The Bertz CT molecular complexity index is 921. The third kappa shape index (κ3) is 4.93. The lowest BCUT2D eigenvalue weighted by Gasteiger charge is -2.09. The van der Waals surface area contributed by atoms with Gasteiger partial charge in [-0.25, -0.2) is 0 Å². The molecule has 148 valence electrons. The quantitative estimate of drug-likeness (QED) is 0.567. The lowest BCUT2D eigenvalue weighted by atomic mass is 10.1. The Hall–Kier alpha value is -2.33. The second kappa shape index (κ2) is 8.78. The van der Waals surface area contributed by atoms with Gasteiger partial charge in [-0.3, -0.25) is 4.79 Å². The van der Waals surface area contributed by atoms with E-state index in [1.165, 1.54) is 23.9 Å². The van der Waals surface area contributed by atoms with E-state index in [4.69, 9.17) is 0 Å². The summed E-state index contributed by atoms with van der Waals surface area (Å²) in [5, 5.41) is 13.7. The molecular weight excluding hydrogens is 409 g/mol. The third-order valence-electron chi connectivity index (χ3n) is 3.88. The van der Waals surface area contributed by atoms with Crippen molar-refractivity contribution in [3.63, 3.8) is 0 Å². The van der Waals surface area contributed by atoms with Gasteiger partial charge in [-0.05, 0) is 36.1 Å². The molecule has 1 N–H and O–H groups in total. The van der Waals surface area contributed by atoms with Gasteiger partial charge in [0.05, 0.1) is 16.2 Å². The van der Waals surface area contributed by atoms with Crippen LogP contribution in [0.15, 0.2) is 46.9 Å². The molecule has 0 unspecified atom stereocenters. The Labute approximate surface area is 168 Å². The summed E-state index contributed by atoms with van der Waals surface area (Å²) in [6, 6.07) is 8.63. The van der Waals surface area contributed by atoms with Gasteiger partial charge in [0, 0.05) is 13.1 Å². The first kappa shape index (κ1) is 20.4. The highest BCUT2D eigenvalue weighted by molar-refractivity contribution is 7.99. The van der Waals surface area contributed by atoms with E-state index >= 15 is 0 Å². The molecule has 1 amide bonds. The van der Waals surface area contributed by atoms with E-state index in [0.29, 0.717) is 17.3 Å². The lowest BCUT2D eigenvalue weighted by Crippen LogP contribution is -2.24. The number of rotatable bonds is 7. The van der Waals surface area contributed by atoms with Gasteiger partial charge < -0.3 is 9.88 Å². The molecule has 0 aliphatic heterocycles. The van der Waals surface area contributed by atoms with Crippen LogP contribution < -0.4 is 5.32 Å². The third-order valence-corrected chi connectivity index (χ3v) is 5.71. The molecule has 10 heteroatoms. The van der Waals surface area contributed by atoms with Gasteiger partial charge in [0.1, 0.15) is 0 Å². The minimum Gasteiger partial charge on any atom is -0.351 e. The topological polar surface area (TPSA) is 59.8 Å². The van der Waals surface area contributed by atoms with Crippen LogP contribution in [0.3, 0.4) is 0 Å². The van der Waals surface area contributed by atoms with Gasteiger partial charge >= 0.3 is 6.18 Å². The number of amides is 1. The first-order valence-corrected chi connectivity index (χ1v) is 10.3. The number of hydrogen-bond acceptors (Lipinski definition) is 5. The molecule has 0 spiro atoms. The fourth-order valence-electron chi connectivity index (χ4n) is 2.46. The summed E-state index contributed by atoms with van der Waals surface area (Å²) in [6.45, 7) is 2.82. The van der Waals surface area contributed by atoms with Crippen molar-refractivity contribution in [3.8, 4) is 10.7 Å². The molecule has 3 aromatic rings. The maximum Gasteiger partial charge on any atom is 0.416 e. The lowest BCUT2D eigenvalue weighted by molar-refractivity contribution is -0.137. The van der Waals surface area contributed by atoms with Crippen molar-refractivity contribution in [3.05, 3.63) is 52.9 Å². The van der Waals surface area contributed by atoms with E-state index < -0.39 is 11.7 Å². The molecule has 0 radical (unpaired) electrons. The predicted molar refractivity (Wildman–Crippen MR) is 103 cm³/mol. The SMILES string of the molecule is CCn1c(SCC(=O)NCc2ccc(C(F)(F)F)cc2)nnc1-c1cccs1. The number of halogens is 3. The van der Waals surface area contributed by atoms with Crippen LogP contribution in [0.4, 0.5) is 13.2 Å². The van der Waals surface area contributed by atoms with Gasteiger partial charge in [-0.15, -0.1) is 21.5 Å². The molecule has 2 heterocycles. The summed E-state index contributed by atoms with van der Waals surface area (Å²) < 4.78 is 39.6. The smallest absolute Gasteiger partial charge is 0.351 e. The number of alkyl halides is 3. The summed E-state index contributed by atoms with van der Waals surface area (Å²) in [7, 11) is 0. The van der Waals surface area contributed by atoms with Crippen LogP contribution in [-0.4, -0.2) is 26.4 Å². The number of thiophene rings is 1. The van der Waals surface area contributed by atoms with Crippen molar-refractivity contribution in [1.29, 1.82) is 0 Å². The molecule has 0 aliphatic rings. The Kier molecular flexibility index (Phi) is 6.40. The molecule has 5 nitrogen and oxygen atoms in total. The maximum absolute atomic E-state index is 12.6. The average Bonchev–Trinajstić information content (AvgIpc) is 3.33. The number of aromatic nitrogens is 3. The van der Waals surface area contributed by atoms with Crippen molar-refractivity contribution < 1.29 is 18.0 Å². The molecule has 0 saturated carbocycles. The zero-order valence-electron chi connectivity index (χ0n) is 14.9. The number of thioether (sulfide) groups is 1. The molecule has 0 bridgehead atoms. The second-order valence-electron chi connectivity index (χ2n) is 5.79. The molecule has 0 atom stereocenters. The fraction of sp³-hybridized carbons (Fsp3) is 0.278. The second-order valence-corrected chi connectivity index (χ2v) is 7.68. The van der Waals surface area contributed by atoms with Crippen molar-refractivity contribution in [2.24, 2.45) is 0 Å². The van der Waals surface area contributed by atoms with Crippen LogP contribution in [0.1, 0.15) is 18.1 Å². The Balaban J connectivity index is 1.54. The van der Waals surface area contributed by atoms with Crippen molar-refractivity contribution in [1.82, 2.24) is 20.1 Å². The molecule has 0 fully saturated rings. The summed E-state index contributed by atoms with van der Waals surface area (Å²) in [4.78, 5) is 13.1. The molecule has 1 aromatic carbocycles. The van der Waals surface area contributed by atoms with Crippen molar-refractivity contribution >= 4 is 29.0 Å². The van der Waals surface area contributed by atoms with Gasteiger partial charge in [-0.2, -0.15) is 13.2 Å². The van der Waals surface area contributed by atoms with E-state index in [0.717, 1.165) is 22.8 Å². The number of carbonyl (C=O) groups is 1. The standard InChI is InChI=1S/C18H17F3N4OS2/c1-2-25-16(14-4-3-9-27-14)23-24-17(25)28-11-15(26)22-10-12-5-7-13(8-6-12)18(19,20)21/h3-9H,2,10-11H2,1H3,(H,22,26). The first-order valence-electron chi connectivity index (χ1n) is 8.41. The van der Waals surface area contributed by atoms with Crippen molar-refractivity contribution in [2.45, 2.75) is 31.3 Å². The zero-order chi connectivity index (χ0) is 20.1. The number of benzene rings is 1. The normalized spacial score (nSPS) is 11.6. The number of carbonyl (C=O) groups excluding carboxylic acids is 1. The molecular formula is C18H17F3N4OS2. The molecule has 2 aromatic heterocycles. The predicted octanol–water partition coefficient (Wildman–Crippen LogP) is 4.45. The average molecular weight is 426 g/mol. The first-order chi connectivity index (χ1) is 13.4. The van der Waals surface area contributed by atoms with Gasteiger partial charge in [0.25, 0.3) is 0 Å². The summed E-state index contributed by atoms with van der Waals surface area (Å²) in [5.41, 5.74) is -0.110. The molecule has 28 heavy (non-hydrogen) atoms. The van der Waals surface area contributed by atoms with E-state index in [1.54, 1.807) is 11.3 Å². The maximum atomic E-state index is 12.6. The highest BCUT2D eigenvalue weighted by atomic mass is 32.2. The fourth-order valence-corrected chi connectivity index (χ4v) is 4.01. The Morgan fingerprint density at radius 3 is 2.57 bits per heavy atom. The van der Waals surface area contributed by atoms with Crippen molar-refractivity contribution in [2.75, 3.05) is 5.75 Å². The Morgan fingerprint density at radius 1 is 1.21 bits per heavy atom. The van der Waals surface area contributed by atoms with E-state index in [-0.39, 0.29) is 18.2 Å². The minimum absolute atomic E-state index is 0.142. The van der Waals surface area contributed by atoms with Crippen LogP contribution in [0.2, 0.25) is 0 Å². The van der Waals surface area contributed by atoms with Gasteiger partial charge in [0.2, 0.25) is 5.91 Å². The van der Waals surface area contributed by atoms with Crippen LogP contribution in [-0.2, 0) is 24.1 Å². The van der Waals surface area contributed by atoms with E-state index in [1.807, 2.05) is 29.0 Å². The highest BCUT2D eigenvalue weighted by Gasteiger charge is 2.29. The van der Waals surface area contributed by atoms with Crippen LogP contribution in [0.5, 0.6) is 0 Å². The van der Waals surface area contributed by atoms with Crippen LogP contribution in [0, 0.1) is 0 Å². The number of nitrogens with zero attached hydrogens (tertiary/aromatic N) is 3. The molecule has 0 saturated heterocycles. The van der Waals surface area contributed by atoms with Crippen LogP contribution >= 0.6 is 23.1 Å². The van der Waals surface area contributed by atoms with Crippen LogP contribution in [0.25, 0.3) is 10.7 Å².